The fourth-order valence-electron chi connectivity index (χ4n) is 2.84. The van der Waals surface area contributed by atoms with Crippen molar-refractivity contribution in [3.63, 3.8) is 0 Å². The van der Waals surface area contributed by atoms with Gasteiger partial charge in [0.1, 0.15) is 12.4 Å². The number of nitrogens with one attached hydrogen (secondary N) is 1. The van der Waals surface area contributed by atoms with E-state index < -0.39 is 23.9 Å². The molecule has 1 fully saturated rings. The summed E-state index contributed by atoms with van der Waals surface area (Å²) in [7, 11) is 0. The van der Waals surface area contributed by atoms with Crippen LogP contribution in [0.4, 0.5) is 18.0 Å². The topological polar surface area (TPSA) is 50.8 Å². The van der Waals surface area contributed by atoms with Crippen molar-refractivity contribution in [2.75, 3.05) is 32.8 Å². The van der Waals surface area contributed by atoms with E-state index in [9.17, 15) is 18.0 Å². The maximum Gasteiger partial charge on any atom is 0.416 e. The molecule has 0 spiro atoms. The van der Waals surface area contributed by atoms with Crippen molar-refractivity contribution in [2.45, 2.75) is 12.3 Å². The predicted octanol–water partition coefficient (Wildman–Crippen LogP) is 3.87. The molecule has 8 heteroatoms. The van der Waals surface area contributed by atoms with Crippen LogP contribution in [0, 0.1) is 0 Å². The maximum atomic E-state index is 12.7. The molecular formula is C20H21F3N2O3. The Kier molecular flexibility index (Phi) is 6.41. The minimum atomic E-state index is -4.41. The molecule has 1 saturated heterocycles. The van der Waals surface area contributed by atoms with Gasteiger partial charge in [-0.2, -0.15) is 13.2 Å². The number of carbonyl (C=O) groups is 1. The van der Waals surface area contributed by atoms with Crippen LogP contribution in [0.5, 0.6) is 5.75 Å². The molecule has 0 aromatic heterocycles. The smallest absolute Gasteiger partial charge is 0.416 e. The average Bonchev–Trinajstić information content (AvgIpc) is 2.72. The number of amides is 1. The minimum Gasteiger partial charge on any atom is -0.482 e. The van der Waals surface area contributed by atoms with Crippen LogP contribution in [0.25, 0.3) is 0 Å². The third-order valence-corrected chi connectivity index (χ3v) is 4.36. The fraction of sp³-hybridized carbons (Fsp3) is 0.350. The summed E-state index contributed by atoms with van der Waals surface area (Å²) in [6, 6.07) is 13.5. The summed E-state index contributed by atoms with van der Waals surface area (Å²) in [5.74, 6) is 0.264. The molecule has 2 aromatic carbocycles. The number of halogens is 3. The Bertz CT molecular complexity index is 761. The monoisotopic (exact) mass is 394 g/mol. The van der Waals surface area contributed by atoms with E-state index in [0.717, 1.165) is 17.7 Å². The number of alkyl halides is 3. The van der Waals surface area contributed by atoms with Gasteiger partial charge in [-0.15, -0.1) is 0 Å². The van der Waals surface area contributed by atoms with Crippen LogP contribution in [-0.2, 0) is 10.9 Å². The van der Waals surface area contributed by atoms with Gasteiger partial charge in [-0.05, 0) is 29.8 Å². The van der Waals surface area contributed by atoms with E-state index in [1.165, 1.54) is 12.1 Å². The van der Waals surface area contributed by atoms with E-state index in [2.05, 4.69) is 5.32 Å². The van der Waals surface area contributed by atoms with Crippen LogP contribution in [0.2, 0.25) is 0 Å². The normalized spacial score (nSPS) is 15.8. The molecule has 1 unspecified atom stereocenters. The molecule has 5 nitrogen and oxygen atoms in total. The van der Waals surface area contributed by atoms with Gasteiger partial charge in [-0.25, -0.2) is 4.79 Å². The standard InChI is InChI=1S/C20H21F3N2O3/c21-20(22,23)16-6-8-17(9-7-16)28-18(15-4-2-1-3-5-15)14-27-19(26)25-12-10-24-11-13-25/h1-9,18,24H,10-14H2. The largest absolute Gasteiger partial charge is 0.482 e. The Balaban J connectivity index is 1.68. The number of nitrogens with zero attached hydrogens (tertiary/aromatic N) is 1. The summed E-state index contributed by atoms with van der Waals surface area (Å²) in [6.45, 7) is 2.50. The van der Waals surface area contributed by atoms with Gasteiger partial charge >= 0.3 is 12.3 Å². The summed E-state index contributed by atoms with van der Waals surface area (Å²) in [5.41, 5.74) is 0.0109. The highest BCUT2D eigenvalue weighted by atomic mass is 19.4. The Morgan fingerprint density at radius 2 is 1.68 bits per heavy atom. The van der Waals surface area contributed by atoms with Gasteiger partial charge < -0.3 is 19.7 Å². The number of ether oxygens (including phenoxy) is 2. The van der Waals surface area contributed by atoms with E-state index in [0.29, 0.717) is 26.2 Å². The highest BCUT2D eigenvalue weighted by Crippen LogP contribution is 2.31. The van der Waals surface area contributed by atoms with Gasteiger partial charge in [0.05, 0.1) is 5.56 Å². The second kappa shape index (κ2) is 8.97. The summed E-state index contributed by atoms with van der Waals surface area (Å²) in [6.07, 6.45) is -5.47. The molecular weight excluding hydrogens is 373 g/mol. The highest BCUT2D eigenvalue weighted by Gasteiger charge is 2.30. The maximum absolute atomic E-state index is 12.7. The van der Waals surface area contributed by atoms with E-state index in [-0.39, 0.29) is 12.4 Å². The van der Waals surface area contributed by atoms with E-state index in [4.69, 9.17) is 9.47 Å². The molecule has 1 heterocycles. The molecule has 0 saturated carbocycles. The van der Waals surface area contributed by atoms with Crippen LogP contribution in [0.15, 0.2) is 54.6 Å². The zero-order valence-electron chi connectivity index (χ0n) is 15.1. The fourth-order valence-corrected chi connectivity index (χ4v) is 2.84. The van der Waals surface area contributed by atoms with Crippen molar-refractivity contribution in [3.05, 3.63) is 65.7 Å². The van der Waals surface area contributed by atoms with Crippen molar-refractivity contribution >= 4 is 6.09 Å². The number of piperazine rings is 1. The first-order valence-corrected chi connectivity index (χ1v) is 8.95. The number of benzene rings is 2. The molecule has 1 amide bonds. The van der Waals surface area contributed by atoms with Gasteiger partial charge in [0.2, 0.25) is 0 Å². The Morgan fingerprint density at radius 3 is 2.29 bits per heavy atom. The van der Waals surface area contributed by atoms with Crippen molar-refractivity contribution in [1.29, 1.82) is 0 Å². The number of rotatable bonds is 5. The Labute approximate surface area is 161 Å². The Morgan fingerprint density at radius 1 is 1.04 bits per heavy atom. The van der Waals surface area contributed by atoms with Gasteiger partial charge in [-0.1, -0.05) is 30.3 Å². The second-order valence-electron chi connectivity index (χ2n) is 6.35. The molecule has 150 valence electrons. The molecule has 3 rings (SSSR count). The van der Waals surface area contributed by atoms with E-state index in [1.54, 1.807) is 4.90 Å². The highest BCUT2D eigenvalue weighted by molar-refractivity contribution is 5.67. The number of hydrogen-bond acceptors (Lipinski definition) is 4. The SMILES string of the molecule is O=C(OCC(Oc1ccc(C(F)(F)F)cc1)c1ccccc1)N1CCNCC1. The number of carbonyl (C=O) groups excluding carboxylic acids is 1. The lowest BCUT2D eigenvalue weighted by atomic mass is 10.1. The molecule has 1 atom stereocenters. The first kappa shape index (κ1) is 20.0. The van der Waals surface area contributed by atoms with Crippen molar-refractivity contribution < 1.29 is 27.4 Å². The van der Waals surface area contributed by atoms with Gasteiger partial charge in [0.15, 0.2) is 6.10 Å². The lowest BCUT2D eigenvalue weighted by Crippen LogP contribution is -2.46. The quantitative estimate of drug-likeness (QED) is 0.837. The summed E-state index contributed by atoms with van der Waals surface area (Å²) >= 11 is 0. The molecule has 1 aliphatic heterocycles. The van der Waals surface area contributed by atoms with Crippen LogP contribution in [0.3, 0.4) is 0 Å². The molecule has 0 bridgehead atoms. The molecule has 28 heavy (non-hydrogen) atoms. The zero-order valence-corrected chi connectivity index (χ0v) is 15.1. The van der Waals surface area contributed by atoms with Crippen molar-refractivity contribution in [1.82, 2.24) is 10.2 Å². The van der Waals surface area contributed by atoms with E-state index >= 15 is 0 Å². The van der Waals surface area contributed by atoms with Crippen LogP contribution < -0.4 is 10.1 Å². The lowest BCUT2D eigenvalue weighted by Gasteiger charge is -2.27. The van der Waals surface area contributed by atoms with Gasteiger partial charge in [-0.3, -0.25) is 0 Å². The molecule has 0 aliphatic carbocycles. The van der Waals surface area contributed by atoms with Crippen LogP contribution >= 0.6 is 0 Å². The first-order chi connectivity index (χ1) is 13.4. The second-order valence-corrected chi connectivity index (χ2v) is 6.35. The first-order valence-electron chi connectivity index (χ1n) is 8.95. The molecule has 1 N–H and O–H groups in total. The van der Waals surface area contributed by atoms with Crippen LogP contribution in [-0.4, -0.2) is 43.8 Å². The number of hydrogen-bond donors (Lipinski definition) is 1. The third-order valence-electron chi connectivity index (χ3n) is 4.36. The van der Waals surface area contributed by atoms with Gasteiger partial charge in [0.25, 0.3) is 0 Å². The molecule has 0 radical (unpaired) electrons. The summed E-state index contributed by atoms with van der Waals surface area (Å²) in [5, 5.41) is 3.15. The van der Waals surface area contributed by atoms with E-state index in [1.807, 2.05) is 30.3 Å². The zero-order chi connectivity index (χ0) is 20.0. The predicted molar refractivity (Wildman–Crippen MR) is 97.0 cm³/mol. The Hall–Kier alpha value is -2.74. The third kappa shape index (κ3) is 5.39. The summed E-state index contributed by atoms with van der Waals surface area (Å²) in [4.78, 5) is 13.8. The molecule has 2 aromatic rings. The van der Waals surface area contributed by atoms with Crippen molar-refractivity contribution in [2.24, 2.45) is 0 Å². The van der Waals surface area contributed by atoms with Crippen LogP contribution in [0.1, 0.15) is 17.2 Å². The minimum absolute atomic E-state index is 0.0478. The van der Waals surface area contributed by atoms with Gasteiger partial charge in [0, 0.05) is 26.2 Å². The van der Waals surface area contributed by atoms with Crippen molar-refractivity contribution in [3.8, 4) is 5.75 Å². The molecule has 1 aliphatic rings. The average molecular weight is 394 g/mol. The summed E-state index contributed by atoms with van der Waals surface area (Å²) < 4.78 is 49.4. The lowest BCUT2D eigenvalue weighted by molar-refractivity contribution is -0.137.